The van der Waals surface area contributed by atoms with E-state index in [9.17, 15) is 5.11 Å². The summed E-state index contributed by atoms with van der Waals surface area (Å²) in [4.78, 5) is 2.47. The van der Waals surface area contributed by atoms with Crippen LogP contribution in [0.2, 0.25) is 0 Å². The summed E-state index contributed by atoms with van der Waals surface area (Å²) >= 11 is 0. The summed E-state index contributed by atoms with van der Waals surface area (Å²) in [6.45, 7) is 10.8. The van der Waals surface area contributed by atoms with E-state index in [0.717, 1.165) is 32.4 Å². The largest absolute Gasteiger partial charge is 0.390 e. The fourth-order valence-electron chi connectivity index (χ4n) is 1.93. The number of aliphatic hydroxyl groups is 1. The Morgan fingerprint density at radius 1 is 1.15 bits per heavy atom. The number of hydrogen-bond donors (Lipinski definition) is 1. The van der Waals surface area contributed by atoms with Crippen molar-refractivity contribution in [2.45, 2.75) is 58.1 Å². The van der Waals surface area contributed by atoms with Gasteiger partial charge < -0.3 is 5.11 Å². The molecule has 1 N–H and O–H groups in total. The lowest BCUT2D eigenvalue weighted by molar-refractivity contribution is 0.0403. The highest BCUT2D eigenvalue weighted by molar-refractivity contribution is 4.84. The van der Waals surface area contributed by atoms with Crippen molar-refractivity contribution in [1.82, 2.24) is 4.90 Å². The molecule has 0 radical (unpaired) electrons. The standard InChI is InChI=1S/C11H23NO/c1-10(2,3)12-8-5-6-11(4,13)7-9-12/h13H,5-9H2,1-4H3/t11-/m0/s1. The third-order valence-corrected chi connectivity index (χ3v) is 3.01. The Kier molecular flexibility index (Phi) is 3.03. The third-order valence-electron chi connectivity index (χ3n) is 3.01. The van der Waals surface area contributed by atoms with Crippen LogP contribution in [-0.4, -0.2) is 34.2 Å². The SMILES string of the molecule is CC(C)(C)N1CCC[C@](C)(O)CC1. The van der Waals surface area contributed by atoms with Gasteiger partial charge >= 0.3 is 0 Å². The van der Waals surface area contributed by atoms with Crippen molar-refractivity contribution in [3.63, 3.8) is 0 Å². The van der Waals surface area contributed by atoms with Gasteiger partial charge in [-0.1, -0.05) is 0 Å². The normalized spacial score (nSPS) is 33.0. The summed E-state index contributed by atoms with van der Waals surface area (Å²) < 4.78 is 0. The van der Waals surface area contributed by atoms with Crippen molar-refractivity contribution < 1.29 is 5.11 Å². The maximum Gasteiger partial charge on any atom is 0.0632 e. The van der Waals surface area contributed by atoms with Crippen molar-refractivity contribution in [2.24, 2.45) is 0 Å². The highest BCUT2D eigenvalue weighted by Crippen LogP contribution is 2.25. The molecule has 0 aromatic carbocycles. The van der Waals surface area contributed by atoms with E-state index in [-0.39, 0.29) is 5.54 Å². The van der Waals surface area contributed by atoms with Crippen LogP contribution in [0.5, 0.6) is 0 Å². The Labute approximate surface area is 81.9 Å². The maximum atomic E-state index is 9.91. The molecule has 13 heavy (non-hydrogen) atoms. The maximum absolute atomic E-state index is 9.91. The van der Waals surface area contributed by atoms with Gasteiger partial charge in [-0.3, -0.25) is 4.90 Å². The Hall–Kier alpha value is -0.0800. The van der Waals surface area contributed by atoms with Crippen LogP contribution in [0, 0.1) is 0 Å². The monoisotopic (exact) mass is 185 g/mol. The molecule has 0 aromatic rings. The minimum absolute atomic E-state index is 0.250. The first kappa shape index (κ1) is 11.0. The van der Waals surface area contributed by atoms with E-state index < -0.39 is 5.60 Å². The molecule has 2 nitrogen and oxygen atoms in total. The summed E-state index contributed by atoms with van der Waals surface area (Å²) in [7, 11) is 0. The minimum Gasteiger partial charge on any atom is -0.390 e. The van der Waals surface area contributed by atoms with E-state index in [0.29, 0.717) is 0 Å². The minimum atomic E-state index is -0.431. The van der Waals surface area contributed by atoms with Gasteiger partial charge in [0.2, 0.25) is 0 Å². The first-order chi connectivity index (χ1) is 5.81. The van der Waals surface area contributed by atoms with E-state index in [1.165, 1.54) is 0 Å². The van der Waals surface area contributed by atoms with Crippen molar-refractivity contribution in [3.05, 3.63) is 0 Å². The fourth-order valence-corrected chi connectivity index (χ4v) is 1.93. The Morgan fingerprint density at radius 3 is 2.31 bits per heavy atom. The lowest BCUT2D eigenvalue weighted by Crippen LogP contribution is -2.42. The molecule has 1 aliphatic rings. The average molecular weight is 185 g/mol. The zero-order valence-corrected chi connectivity index (χ0v) is 9.43. The molecule has 1 heterocycles. The molecule has 0 amide bonds. The predicted molar refractivity (Wildman–Crippen MR) is 55.8 cm³/mol. The molecule has 1 fully saturated rings. The first-order valence-electron chi connectivity index (χ1n) is 5.29. The second kappa shape index (κ2) is 3.58. The van der Waals surface area contributed by atoms with Gasteiger partial charge in [0.15, 0.2) is 0 Å². The van der Waals surface area contributed by atoms with Crippen molar-refractivity contribution in [2.75, 3.05) is 13.1 Å². The molecule has 0 aliphatic carbocycles. The van der Waals surface area contributed by atoms with Gasteiger partial charge in [0, 0.05) is 12.1 Å². The number of hydrogen-bond acceptors (Lipinski definition) is 2. The van der Waals surface area contributed by atoms with Gasteiger partial charge in [-0.05, 0) is 53.5 Å². The molecular weight excluding hydrogens is 162 g/mol. The van der Waals surface area contributed by atoms with E-state index in [4.69, 9.17) is 0 Å². The Bertz CT molecular complexity index is 169. The van der Waals surface area contributed by atoms with E-state index in [2.05, 4.69) is 25.7 Å². The molecular formula is C11H23NO. The molecule has 1 aliphatic heterocycles. The van der Waals surface area contributed by atoms with Crippen molar-refractivity contribution in [1.29, 1.82) is 0 Å². The predicted octanol–water partition coefficient (Wildman–Crippen LogP) is 2.02. The summed E-state index contributed by atoms with van der Waals surface area (Å²) in [6, 6.07) is 0. The molecule has 1 atom stereocenters. The average Bonchev–Trinajstić information content (AvgIpc) is 2.08. The van der Waals surface area contributed by atoms with Crippen LogP contribution in [0.4, 0.5) is 0 Å². The van der Waals surface area contributed by atoms with E-state index in [1.54, 1.807) is 0 Å². The third kappa shape index (κ3) is 3.28. The summed E-state index contributed by atoms with van der Waals surface area (Å²) in [5.74, 6) is 0. The van der Waals surface area contributed by atoms with Crippen LogP contribution in [0.1, 0.15) is 47.0 Å². The molecule has 2 heteroatoms. The van der Waals surface area contributed by atoms with Crippen molar-refractivity contribution in [3.8, 4) is 0 Å². The molecule has 0 saturated carbocycles. The van der Waals surface area contributed by atoms with Gasteiger partial charge in [-0.15, -0.1) is 0 Å². The highest BCUT2D eigenvalue weighted by atomic mass is 16.3. The molecule has 1 saturated heterocycles. The van der Waals surface area contributed by atoms with Crippen LogP contribution in [-0.2, 0) is 0 Å². The summed E-state index contributed by atoms with van der Waals surface area (Å²) in [5, 5.41) is 9.91. The topological polar surface area (TPSA) is 23.5 Å². The molecule has 0 bridgehead atoms. The first-order valence-corrected chi connectivity index (χ1v) is 5.29. The van der Waals surface area contributed by atoms with E-state index >= 15 is 0 Å². The molecule has 0 unspecified atom stereocenters. The van der Waals surface area contributed by atoms with Crippen LogP contribution < -0.4 is 0 Å². The quantitative estimate of drug-likeness (QED) is 0.624. The molecule has 78 valence electrons. The molecule has 0 aromatic heterocycles. The Morgan fingerprint density at radius 2 is 1.77 bits per heavy atom. The lowest BCUT2D eigenvalue weighted by atomic mass is 9.98. The smallest absolute Gasteiger partial charge is 0.0632 e. The van der Waals surface area contributed by atoms with Crippen LogP contribution in [0.25, 0.3) is 0 Å². The Balaban J connectivity index is 2.55. The van der Waals surface area contributed by atoms with Crippen LogP contribution >= 0.6 is 0 Å². The van der Waals surface area contributed by atoms with Crippen LogP contribution in [0.15, 0.2) is 0 Å². The second-order valence-electron chi connectivity index (χ2n) is 5.51. The summed E-state index contributed by atoms with van der Waals surface area (Å²) in [5.41, 5.74) is -0.180. The second-order valence-corrected chi connectivity index (χ2v) is 5.51. The number of rotatable bonds is 0. The van der Waals surface area contributed by atoms with Gasteiger partial charge in [0.05, 0.1) is 5.60 Å². The zero-order valence-electron chi connectivity index (χ0n) is 9.43. The van der Waals surface area contributed by atoms with Gasteiger partial charge in [-0.25, -0.2) is 0 Å². The molecule has 0 spiro atoms. The number of likely N-dealkylation sites (tertiary alicyclic amines) is 1. The van der Waals surface area contributed by atoms with Gasteiger partial charge in [0.25, 0.3) is 0 Å². The molecule has 1 rings (SSSR count). The van der Waals surface area contributed by atoms with Gasteiger partial charge in [-0.2, -0.15) is 0 Å². The van der Waals surface area contributed by atoms with Crippen molar-refractivity contribution >= 4 is 0 Å². The van der Waals surface area contributed by atoms with Crippen LogP contribution in [0.3, 0.4) is 0 Å². The zero-order chi connectivity index (χ0) is 10.1. The van der Waals surface area contributed by atoms with E-state index in [1.807, 2.05) is 6.92 Å². The fraction of sp³-hybridized carbons (Fsp3) is 1.00. The summed E-state index contributed by atoms with van der Waals surface area (Å²) in [6.07, 6.45) is 2.97. The lowest BCUT2D eigenvalue weighted by Gasteiger charge is -2.34. The van der Waals surface area contributed by atoms with Gasteiger partial charge in [0.1, 0.15) is 0 Å². The highest BCUT2D eigenvalue weighted by Gasteiger charge is 2.29. The number of nitrogens with zero attached hydrogens (tertiary/aromatic N) is 1.